The Labute approximate surface area is 115 Å². The quantitative estimate of drug-likeness (QED) is 0.771. The topological polar surface area (TPSA) is 55.1 Å². The van der Waals surface area contributed by atoms with Crippen LogP contribution in [0.3, 0.4) is 0 Å². The average Bonchev–Trinajstić information content (AvgIpc) is 2.95. The maximum atomic E-state index is 12.6. The molecule has 0 spiro atoms. The Morgan fingerprint density at radius 1 is 1.16 bits per heavy atom. The minimum atomic E-state index is -0.288. The van der Waals surface area contributed by atoms with E-state index in [-0.39, 0.29) is 11.3 Å². The highest BCUT2D eigenvalue weighted by molar-refractivity contribution is 5.88. The molecule has 0 unspecified atom stereocenters. The number of carbonyl (C=O) groups is 1. The molecule has 2 rings (SSSR count). The number of carbonyl (C=O) groups excluding carboxylic acids is 1. The van der Waals surface area contributed by atoms with Crippen LogP contribution in [-0.4, -0.2) is 19.0 Å². The van der Waals surface area contributed by atoms with E-state index >= 15 is 0 Å². The van der Waals surface area contributed by atoms with Crippen LogP contribution in [0, 0.1) is 0 Å². The number of amides is 1. The van der Waals surface area contributed by atoms with Gasteiger partial charge in [-0.3, -0.25) is 4.79 Å². The monoisotopic (exact) mass is 260 g/mol. The summed E-state index contributed by atoms with van der Waals surface area (Å²) in [5.41, 5.74) is 6.35. The van der Waals surface area contributed by atoms with Crippen LogP contribution in [0.2, 0.25) is 0 Å². The van der Waals surface area contributed by atoms with E-state index in [0.29, 0.717) is 6.54 Å². The van der Waals surface area contributed by atoms with Crippen molar-refractivity contribution in [3.05, 3.63) is 35.9 Å². The lowest BCUT2D eigenvalue weighted by atomic mass is 9.78. The highest BCUT2D eigenvalue weighted by atomic mass is 16.2. The maximum absolute atomic E-state index is 12.6. The second-order valence-electron chi connectivity index (χ2n) is 5.41. The van der Waals surface area contributed by atoms with Crippen LogP contribution in [0.1, 0.15) is 44.1 Å². The van der Waals surface area contributed by atoms with Crippen molar-refractivity contribution in [3.63, 3.8) is 0 Å². The smallest absolute Gasteiger partial charge is 0.230 e. The first-order chi connectivity index (χ1) is 9.29. The molecule has 1 aliphatic carbocycles. The van der Waals surface area contributed by atoms with Gasteiger partial charge in [0.1, 0.15) is 0 Å². The average molecular weight is 260 g/mol. The van der Waals surface area contributed by atoms with Crippen molar-refractivity contribution in [2.75, 3.05) is 13.1 Å². The molecule has 3 nitrogen and oxygen atoms in total. The summed E-state index contributed by atoms with van der Waals surface area (Å²) in [6, 6.07) is 10.2. The normalized spacial score (nSPS) is 17.3. The number of benzene rings is 1. The number of nitrogens with two attached hydrogens (primary N) is 1. The summed E-state index contributed by atoms with van der Waals surface area (Å²) in [7, 11) is 0. The number of nitrogens with one attached hydrogen (secondary N) is 1. The molecule has 104 valence electrons. The highest BCUT2D eigenvalue weighted by Crippen LogP contribution is 2.41. The predicted octanol–water partition coefficient (Wildman–Crippen LogP) is 2.35. The Kier molecular flexibility index (Phi) is 4.97. The van der Waals surface area contributed by atoms with Crippen molar-refractivity contribution in [1.82, 2.24) is 5.32 Å². The molecule has 0 radical (unpaired) electrons. The second kappa shape index (κ2) is 6.71. The molecule has 0 heterocycles. The number of hydrogen-bond acceptors (Lipinski definition) is 2. The largest absolute Gasteiger partial charge is 0.355 e. The second-order valence-corrected chi connectivity index (χ2v) is 5.41. The fourth-order valence-corrected chi connectivity index (χ4v) is 3.02. The van der Waals surface area contributed by atoms with Gasteiger partial charge < -0.3 is 11.1 Å². The molecule has 0 aliphatic heterocycles. The molecule has 1 aromatic carbocycles. The van der Waals surface area contributed by atoms with Crippen LogP contribution < -0.4 is 11.1 Å². The highest BCUT2D eigenvalue weighted by Gasteiger charge is 2.42. The molecular weight excluding hydrogens is 236 g/mol. The van der Waals surface area contributed by atoms with Gasteiger partial charge in [0, 0.05) is 6.54 Å². The lowest BCUT2D eigenvalue weighted by Gasteiger charge is -2.28. The Hall–Kier alpha value is -1.35. The van der Waals surface area contributed by atoms with Crippen LogP contribution in [0.15, 0.2) is 30.3 Å². The Balaban J connectivity index is 2.05. The molecule has 19 heavy (non-hydrogen) atoms. The molecule has 3 N–H and O–H groups in total. The van der Waals surface area contributed by atoms with E-state index in [1.165, 1.54) is 5.56 Å². The molecule has 1 aliphatic rings. The van der Waals surface area contributed by atoms with E-state index in [1.54, 1.807) is 0 Å². The van der Waals surface area contributed by atoms with Gasteiger partial charge in [0.15, 0.2) is 0 Å². The first kappa shape index (κ1) is 14.1. The van der Waals surface area contributed by atoms with E-state index in [2.05, 4.69) is 17.4 Å². The summed E-state index contributed by atoms with van der Waals surface area (Å²) in [6.45, 7) is 1.43. The molecule has 0 bridgehead atoms. The Bertz CT molecular complexity index is 396. The van der Waals surface area contributed by atoms with Crippen molar-refractivity contribution >= 4 is 5.91 Å². The van der Waals surface area contributed by atoms with Gasteiger partial charge in [0.05, 0.1) is 5.41 Å². The third-order valence-electron chi connectivity index (χ3n) is 4.13. The molecule has 0 aromatic heterocycles. The van der Waals surface area contributed by atoms with E-state index in [0.717, 1.165) is 45.1 Å². The van der Waals surface area contributed by atoms with E-state index in [9.17, 15) is 4.79 Å². The Morgan fingerprint density at radius 2 is 1.84 bits per heavy atom. The van der Waals surface area contributed by atoms with Crippen molar-refractivity contribution in [1.29, 1.82) is 0 Å². The molecule has 3 heteroatoms. The predicted molar refractivity (Wildman–Crippen MR) is 77.9 cm³/mol. The van der Waals surface area contributed by atoms with Gasteiger partial charge in [-0.2, -0.15) is 0 Å². The van der Waals surface area contributed by atoms with E-state index < -0.39 is 0 Å². The minimum Gasteiger partial charge on any atom is -0.355 e. The zero-order valence-electron chi connectivity index (χ0n) is 11.5. The summed E-state index contributed by atoms with van der Waals surface area (Å²) < 4.78 is 0. The summed E-state index contributed by atoms with van der Waals surface area (Å²) >= 11 is 0. The SMILES string of the molecule is NCCCCNC(=O)C1(c2ccccc2)CCCC1. The number of unbranched alkanes of at least 4 members (excludes halogenated alkanes) is 1. The van der Waals surface area contributed by atoms with Gasteiger partial charge in [-0.15, -0.1) is 0 Å². The molecule has 1 fully saturated rings. The molecule has 1 saturated carbocycles. The van der Waals surface area contributed by atoms with Gasteiger partial charge in [-0.25, -0.2) is 0 Å². The molecule has 0 atom stereocenters. The van der Waals surface area contributed by atoms with Crippen molar-refractivity contribution in [2.45, 2.75) is 43.9 Å². The van der Waals surface area contributed by atoms with Crippen molar-refractivity contribution in [2.24, 2.45) is 5.73 Å². The number of rotatable bonds is 6. The van der Waals surface area contributed by atoms with Crippen LogP contribution in [0.4, 0.5) is 0 Å². The van der Waals surface area contributed by atoms with Gasteiger partial charge >= 0.3 is 0 Å². The lowest BCUT2D eigenvalue weighted by molar-refractivity contribution is -0.126. The zero-order chi connectivity index (χ0) is 13.6. The number of hydrogen-bond donors (Lipinski definition) is 2. The fraction of sp³-hybridized carbons (Fsp3) is 0.562. The first-order valence-electron chi connectivity index (χ1n) is 7.33. The van der Waals surface area contributed by atoms with Crippen LogP contribution in [0.5, 0.6) is 0 Å². The summed E-state index contributed by atoms with van der Waals surface area (Å²) in [5, 5.41) is 3.10. The summed E-state index contributed by atoms with van der Waals surface area (Å²) in [5.74, 6) is 0.202. The summed E-state index contributed by atoms with van der Waals surface area (Å²) in [6.07, 6.45) is 6.17. The summed E-state index contributed by atoms with van der Waals surface area (Å²) in [4.78, 5) is 12.6. The lowest BCUT2D eigenvalue weighted by Crippen LogP contribution is -2.43. The van der Waals surface area contributed by atoms with Crippen molar-refractivity contribution in [3.8, 4) is 0 Å². The standard InChI is InChI=1S/C16H24N2O/c17-12-6-7-13-18-15(19)16(10-4-5-11-16)14-8-2-1-3-9-14/h1-3,8-9H,4-7,10-13,17H2,(H,18,19). The molecular formula is C16H24N2O. The van der Waals surface area contributed by atoms with Gasteiger partial charge in [-0.05, 0) is 37.8 Å². The third-order valence-corrected chi connectivity index (χ3v) is 4.13. The Morgan fingerprint density at radius 3 is 2.47 bits per heavy atom. The van der Waals surface area contributed by atoms with Gasteiger partial charge in [0.2, 0.25) is 5.91 Å². The van der Waals surface area contributed by atoms with Crippen LogP contribution in [-0.2, 0) is 10.2 Å². The zero-order valence-corrected chi connectivity index (χ0v) is 11.5. The van der Waals surface area contributed by atoms with Gasteiger partial charge in [-0.1, -0.05) is 43.2 Å². The molecule has 1 amide bonds. The maximum Gasteiger partial charge on any atom is 0.230 e. The fourth-order valence-electron chi connectivity index (χ4n) is 3.02. The molecule has 0 saturated heterocycles. The van der Waals surface area contributed by atoms with Crippen LogP contribution >= 0.6 is 0 Å². The first-order valence-corrected chi connectivity index (χ1v) is 7.33. The van der Waals surface area contributed by atoms with Gasteiger partial charge in [0.25, 0.3) is 0 Å². The van der Waals surface area contributed by atoms with Crippen LogP contribution in [0.25, 0.3) is 0 Å². The minimum absolute atomic E-state index is 0.202. The third kappa shape index (κ3) is 3.16. The molecule has 1 aromatic rings. The van der Waals surface area contributed by atoms with E-state index in [1.807, 2.05) is 18.2 Å². The van der Waals surface area contributed by atoms with Crippen molar-refractivity contribution < 1.29 is 4.79 Å². The van der Waals surface area contributed by atoms with E-state index in [4.69, 9.17) is 5.73 Å².